The van der Waals surface area contributed by atoms with Crippen molar-refractivity contribution in [3.63, 3.8) is 0 Å². The minimum Gasteiger partial charge on any atom is -0.388 e. The summed E-state index contributed by atoms with van der Waals surface area (Å²) in [5.74, 6) is -2.61. The Labute approximate surface area is 185 Å². The molecule has 0 aliphatic heterocycles. The zero-order valence-electron chi connectivity index (χ0n) is 17.8. The van der Waals surface area contributed by atoms with Gasteiger partial charge in [-0.2, -0.15) is 0 Å². The fourth-order valence-corrected chi connectivity index (χ4v) is 4.49. The van der Waals surface area contributed by atoms with E-state index in [1.54, 1.807) is 30.5 Å². The number of sulfonamides is 1. The second kappa shape index (κ2) is 11.5. The van der Waals surface area contributed by atoms with Crippen molar-refractivity contribution in [2.45, 2.75) is 39.3 Å². The van der Waals surface area contributed by atoms with Gasteiger partial charge in [-0.05, 0) is 23.1 Å². The highest BCUT2D eigenvalue weighted by Gasteiger charge is 2.27. The number of aliphatic hydroxyl groups excluding tert-OH is 1. The van der Waals surface area contributed by atoms with Gasteiger partial charge in [0.2, 0.25) is 10.0 Å². The lowest BCUT2D eigenvalue weighted by molar-refractivity contribution is -0.131. The fraction of sp³-hybridized carbons (Fsp3) is 0.455. The van der Waals surface area contributed by atoms with Crippen molar-refractivity contribution < 1.29 is 31.5 Å². The second-order valence-corrected chi connectivity index (χ2v) is 9.84. The maximum Gasteiger partial charge on any atom is 0.295 e. The van der Waals surface area contributed by atoms with Crippen LogP contribution >= 0.6 is 0 Å². The molecule has 2 aromatic rings. The number of carbonyl (C=O) groups excluding carboxylic acids is 1. The van der Waals surface area contributed by atoms with E-state index < -0.39 is 47.3 Å². The molecule has 0 aliphatic rings. The van der Waals surface area contributed by atoms with Crippen molar-refractivity contribution in [2.75, 3.05) is 12.4 Å². The number of alkyl halides is 3. The second-order valence-electron chi connectivity index (χ2n) is 7.99. The summed E-state index contributed by atoms with van der Waals surface area (Å²) in [6, 6.07) is 9.82. The molecule has 6 nitrogen and oxygen atoms in total. The summed E-state index contributed by atoms with van der Waals surface area (Å²) >= 11 is 0. The minimum atomic E-state index is -3.38. The lowest BCUT2D eigenvalue weighted by Gasteiger charge is -2.20. The number of ketones is 1. The molecule has 0 unspecified atom stereocenters. The van der Waals surface area contributed by atoms with Crippen molar-refractivity contribution in [3.8, 4) is 11.1 Å². The normalized spacial score (nSPS) is 14.0. The third-order valence-corrected chi connectivity index (χ3v) is 6.48. The van der Waals surface area contributed by atoms with Crippen LogP contribution in [-0.2, 0) is 21.4 Å². The van der Waals surface area contributed by atoms with Crippen LogP contribution in [0.25, 0.3) is 11.1 Å². The zero-order valence-corrected chi connectivity index (χ0v) is 18.7. The summed E-state index contributed by atoms with van der Waals surface area (Å²) in [4.78, 5) is 15.4. The molecule has 0 bridgehead atoms. The van der Waals surface area contributed by atoms with Crippen LogP contribution in [0.3, 0.4) is 0 Å². The molecule has 0 amide bonds. The minimum absolute atomic E-state index is 0.00861. The first-order valence-electron chi connectivity index (χ1n) is 10.1. The summed E-state index contributed by atoms with van der Waals surface area (Å²) in [5.41, 5.74) is 2.32. The lowest BCUT2D eigenvalue weighted by Crippen LogP contribution is -2.28. The van der Waals surface area contributed by atoms with Crippen molar-refractivity contribution in [3.05, 3.63) is 53.9 Å². The first kappa shape index (κ1) is 26.0. The number of hydrogen-bond acceptors (Lipinski definition) is 5. The molecule has 0 saturated heterocycles. The van der Waals surface area contributed by atoms with Crippen LogP contribution in [0.4, 0.5) is 13.2 Å². The van der Waals surface area contributed by atoms with E-state index in [2.05, 4.69) is 9.71 Å². The van der Waals surface area contributed by atoms with Gasteiger partial charge in [0.25, 0.3) is 6.43 Å². The van der Waals surface area contributed by atoms with Gasteiger partial charge in [0.15, 0.2) is 5.78 Å². The van der Waals surface area contributed by atoms with Crippen LogP contribution < -0.4 is 4.72 Å². The van der Waals surface area contributed by atoms with Gasteiger partial charge in [-0.15, -0.1) is 0 Å². The van der Waals surface area contributed by atoms with E-state index in [4.69, 9.17) is 0 Å². The molecule has 0 saturated carbocycles. The highest BCUT2D eigenvalue weighted by atomic mass is 32.2. The average molecular weight is 473 g/mol. The maximum absolute atomic E-state index is 13.2. The monoisotopic (exact) mass is 472 g/mol. The molecule has 1 aromatic heterocycles. The van der Waals surface area contributed by atoms with E-state index in [0.717, 1.165) is 11.1 Å². The molecule has 2 atom stereocenters. The van der Waals surface area contributed by atoms with Crippen LogP contribution in [0.15, 0.2) is 42.6 Å². The number of rotatable bonds is 12. The quantitative estimate of drug-likeness (QED) is 0.491. The Morgan fingerprint density at radius 1 is 1.09 bits per heavy atom. The average Bonchev–Trinajstić information content (AvgIpc) is 2.75. The largest absolute Gasteiger partial charge is 0.388 e. The predicted octanol–water partition coefficient (Wildman–Crippen LogP) is 3.67. The van der Waals surface area contributed by atoms with Crippen molar-refractivity contribution in [1.82, 2.24) is 9.71 Å². The number of aliphatic hydroxyl groups is 1. The van der Waals surface area contributed by atoms with Crippen LogP contribution in [0, 0.1) is 11.8 Å². The number of nitrogens with one attached hydrogen (secondary N) is 1. The Hall–Kier alpha value is -2.30. The Bertz CT molecular complexity index is 981. The molecular formula is C22H27F3N2O4S. The first-order chi connectivity index (χ1) is 15.0. The number of nitrogens with zero attached hydrogens (tertiary/aromatic N) is 1. The smallest absolute Gasteiger partial charge is 0.295 e. The van der Waals surface area contributed by atoms with Gasteiger partial charge < -0.3 is 5.11 Å². The first-order valence-corrected chi connectivity index (χ1v) is 11.7. The van der Waals surface area contributed by atoms with Gasteiger partial charge in [0.1, 0.15) is 0 Å². The molecule has 176 valence electrons. The Kier molecular flexibility index (Phi) is 9.35. The highest BCUT2D eigenvalue weighted by molar-refractivity contribution is 7.89. The number of aromatic nitrogens is 1. The van der Waals surface area contributed by atoms with E-state index in [-0.39, 0.29) is 18.2 Å². The van der Waals surface area contributed by atoms with Gasteiger partial charge in [-0.3, -0.25) is 14.2 Å². The topological polar surface area (TPSA) is 96.4 Å². The van der Waals surface area contributed by atoms with Crippen LogP contribution in [0.1, 0.15) is 37.6 Å². The molecule has 2 rings (SSSR count). The number of Topliss-reactive ketones (excluding diaryl/α,β-unsaturated/α-hetero) is 1. The zero-order chi connectivity index (χ0) is 23.9. The molecule has 10 heteroatoms. The van der Waals surface area contributed by atoms with Crippen molar-refractivity contribution >= 4 is 15.8 Å². The van der Waals surface area contributed by atoms with Gasteiger partial charge >= 0.3 is 0 Å². The van der Waals surface area contributed by atoms with Crippen LogP contribution in [0.2, 0.25) is 0 Å². The Morgan fingerprint density at radius 3 is 2.22 bits per heavy atom. The van der Waals surface area contributed by atoms with Gasteiger partial charge in [0.05, 0.1) is 30.8 Å². The summed E-state index contributed by atoms with van der Waals surface area (Å²) in [6.45, 7) is 2.60. The SMILES string of the molecule is CC(C)CS(=O)(=O)NCc1ccc(-c2ccc([C@@H](O)[C@@H](CF)CC(=O)C(F)F)cc2)cn1. The predicted molar refractivity (Wildman–Crippen MR) is 115 cm³/mol. The molecule has 2 N–H and O–H groups in total. The lowest BCUT2D eigenvalue weighted by atomic mass is 9.91. The van der Waals surface area contributed by atoms with Gasteiger partial charge in [-0.25, -0.2) is 21.9 Å². The van der Waals surface area contributed by atoms with Crippen LogP contribution in [-0.4, -0.2) is 43.1 Å². The Morgan fingerprint density at radius 2 is 1.72 bits per heavy atom. The third kappa shape index (κ3) is 7.68. The molecule has 32 heavy (non-hydrogen) atoms. The number of hydrogen-bond donors (Lipinski definition) is 2. The number of benzene rings is 1. The van der Waals surface area contributed by atoms with E-state index >= 15 is 0 Å². The van der Waals surface area contributed by atoms with E-state index in [1.165, 1.54) is 12.1 Å². The summed E-state index contributed by atoms with van der Waals surface area (Å²) in [5, 5.41) is 10.3. The van der Waals surface area contributed by atoms with Crippen molar-refractivity contribution in [2.24, 2.45) is 11.8 Å². The van der Waals surface area contributed by atoms with Crippen molar-refractivity contribution in [1.29, 1.82) is 0 Å². The number of halogens is 3. The summed E-state index contributed by atoms with van der Waals surface area (Å²) in [7, 11) is -3.38. The summed E-state index contributed by atoms with van der Waals surface area (Å²) in [6.07, 6.45) is -3.76. The molecule has 0 radical (unpaired) electrons. The van der Waals surface area contributed by atoms with Gasteiger partial charge in [-0.1, -0.05) is 44.2 Å². The number of pyridine rings is 1. The molecule has 0 spiro atoms. The maximum atomic E-state index is 13.2. The Balaban J connectivity index is 2.04. The standard InChI is InChI=1S/C22H27F3N2O4S/c1-14(2)13-32(30,31)27-12-19-8-7-17(11-26-19)15-3-5-16(6-4-15)21(29)18(10-23)9-20(28)22(24)25/h3-8,11,14,18,21-22,27,29H,9-10,12-13H2,1-2H3/t18-,21-/m1/s1. The van der Waals surface area contributed by atoms with E-state index in [1.807, 2.05) is 13.8 Å². The van der Waals surface area contributed by atoms with Gasteiger partial charge in [0, 0.05) is 24.1 Å². The van der Waals surface area contributed by atoms with E-state index in [0.29, 0.717) is 11.3 Å². The highest BCUT2D eigenvalue weighted by Crippen LogP contribution is 2.28. The van der Waals surface area contributed by atoms with E-state index in [9.17, 15) is 31.5 Å². The number of carbonyl (C=O) groups is 1. The van der Waals surface area contributed by atoms with Crippen LogP contribution in [0.5, 0.6) is 0 Å². The molecule has 0 aliphatic carbocycles. The summed E-state index contributed by atoms with van der Waals surface area (Å²) < 4.78 is 64.4. The molecular weight excluding hydrogens is 445 g/mol. The fourth-order valence-electron chi connectivity index (χ4n) is 3.12. The molecule has 1 heterocycles. The third-order valence-electron chi connectivity index (χ3n) is 4.79. The molecule has 0 fully saturated rings. The molecule has 1 aromatic carbocycles.